The Kier molecular flexibility index (Phi) is 5.70. The highest BCUT2D eigenvalue weighted by molar-refractivity contribution is 7.80. The number of thiocarbonyl (C=S) groups is 1. The Morgan fingerprint density at radius 1 is 1.22 bits per heavy atom. The smallest absolute Gasteiger partial charge is 0.269 e. The summed E-state index contributed by atoms with van der Waals surface area (Å²) < 4.78 is 12.8. The van der Waals surface area contributed by atoms with Gasteiger partial charge < -0.3 is 5.32 Å². The van der Waals surface area contributed by atoms with Gasteiger partial charge in [0.1, 0.15) is 5.82 Å². The summed E-state index contributed by atoms with van der Waals surface area (Å²) in [7, 11) is 0. The van der Waals surface area contributed by atoms with Gasteiger partial charge in [0, 0.05) is 18.7 Å². The number of benzene rings is 2. The van der Waals surface area contributed by atoms with Gasteiger partial charge in [-0.25, -0.2) is 4.39 Å². The first-order valence-electron chi connectivity index (χ1n) is 6.60. The molecule has 0 radical (unpaired) electrons. The third-order valence-corrected chi connectivity index (χ3v) is 3.09. The van der Waals surface area contributed by atoms with Crippen molar-refractivity contribution in [3.05, 3.63) is 75.6 Å². The molecule has 0 saturated carbocycles. The fourth-order valence-electron chi connectivity index (χ4n) is 1.67. The highest BCUT2D eigenvalue weighted by Crippen LogP contribution is 2.10. The lowest BCUT2D eigenvalue weighted by atomic mass is 10.2. The fraction of sp³-hybridized carbons (Fsp3) is 0.0667. The predicted molar refractivity (Wildman–Crippen MR) is 89.7 cm³/mol. The van der Waals surface area contributed by atoms with Crippen molar-refractivity contribution in [1.29, 1.82) is 0 Å². The molecule has 0 spiro atoms. The molecule has 0 amide bonds. The average molecular weight is 332 g/mol. The molecule has 0 aliphatic heterocycles. The van der Waals surface area contributed by atoms with Crippen molar-refractivity contribution in [2.75, 3.05) is 0 Å². The highest BCUT2D eigenvalue weighted by atomic mass is 32.1. The third kappa shape index (κ3) is 5.44. The molecule has 8 heteroatoms. The normalized spacial score (nSPS) is 10.5. The molecule has 23 heavy (non-hydrogen) atoms. The van der Waals surface area contributed by atoms with Crippen LogP contribution >= 0.6 is 12.2 Å². The van der Waals surface area contributed by atoms with E-state index in [1.807, 2.05) is 0 Å². The van der Waals surface area contributed by atoms with E-state index in [-0.39, 0.29) is 11.5 Å². The Labute approximate surface area is 137 Å². The first-order chi connectivity index (χ1) is 11.0. The molecular weight excluding hydrogens is 319 g/mol. The van der Waals surface area contributed by atoms with E-state index in [9.17, 15) is 14.5 Å². The lowest BCUT2D eigenvalue weighted by Crippen LogP contribution is -2.31. The molecule has 0 aliphatic carbocycles. The number of nitro groups is 1. The third-order valence-electron chi connectivity index (χ3n) is 2.85. The monoisotopic (exact) mass is 332 g/mol. The Balaban J connectivity index is 1.79. The Morgan fingerprint density at radius 3 is 2.48 bits per heavy atom. The van der Waals surface area contributed by atoms with Gasteiger partial charge in [-0.05, 0) is 47.6 Å². The van der Waals surface area contributed by atoms with Crippen LogP contribution in [0, 0.1) is 15.9 Å². The van der Waals surface area contributed by atoms with Gasteiger partial charge in [0.15, 0.2) is 5.11 Å². The topological polar surface area (TPSA) is 79.6 Å². The SMILES string of the molecule is O=[N+]([O-])c1ccc(/C=N\NC(=S)NCc2ccc(F)cc2)cc1. The van der Waals surface area contributed by atoms with Crippen molar-refractivity contribution in [2.24, 2.45) is 5.10 Å². The lowest BCUT2D eigenvalue weighted by molar-refractivity contribution is -0.384. The number of non-ortho nitro benzene ring substituents is 1. The van der Waals surface area contributed by atoms with E-state index in [4.69, 9.17) is 12.2 Å². The van der Waals surface area contributed by atoms with Crippen molar-refractivity contribution in [2.45, 2.75) is 6.54 Å². The van der Waals surface area contributed by atoms with E-state index in [1.54, 1.807) is 24.3 Å². The van der Waals surface area contributed by atoms with Gasteiger partial charge in [-0.3, -0.25) is 15.5 Å². The van der Waals surface area contributed by atoms with Crippen LogP contribution in [0.15, 0.2) is 53.6 Å². The maximum Gasteiger partial charge on any atom is 0.269 e. The van der Waals surface area contributed by atoms with E-state index < -0.39 is 4.92 Å². The van der Waals surface area contributed by atoms with Crippen LogP contribution < -0.4 is 10.7 Å². The van der Waals surface area contributed by atoms with Gasteiger partial charge in [-0.15, -0.1) is 0 Å². The van der Waals surface area contributed by atoms with Crippen LogP contribution in [0.25, 0.3) is 0 Å². The molecule has 0 saturated heterocycles. The summed E-state index contributed by atoms with van der Waals surface area (Å²) in [6, 6.07) is 12.0. The summed E-state index contributed by atoms with van der Waals surface area (Å²) in [6.45, 7) is 0.444. The second-order valence-electron chi connectivity index (χ2n) is 4.53. The quantitative estimate of drug-likeness (QED) is 0.381. The van der Waals surface area contributed by atoms with E-state index in [0.29, 0.717) is 17.2 Å². The maximum absolute atomic E-state index is 12.8. The molecule has 0 aromatic heterocycles. The van der Waals surface area contributed by atoms with Gasteiger partial charge >= 0.3 is 0 Å². The molecule has 2 N–H and O–H groups in total. The minimum Gasteiger partial charge on any atom is -0.357 e. The van der Waals surface area contributed by atoms with Crippen LogP contribution in [-0.4, -0.2) is 16.3 Å². The zero-order chi connectivity index (χ0) is 16.7. The maximum atomic E-state index is 12.8. The summed E-state index contributed by atoms with van der Waals surface area (Å²) in [4.78, 5) is 10.1. The summed E-state index contributed by atoms with van der Waals surface area (Å²) in [5.74, 6) is -0.290. The highest BCUT2D eigenvalue weighted by Gasteiger charge is 2.02. The number of halogens is 1. The van der Waals surface area contributed by atoms with E-state index in [2.05, 4.69) is 15.8 Å². The molecule has 0 aliphatic rings. The number of nitro benzene ring substituents is 1. The number of rotatable bonds is 5. The number of nitrogens with zero attached hydrogens (tertiary/aromatic N) is 2. The van der Waals surface area contributed by atoms with Gasteiger partial charge in [0.2, 0.25) is 0 Å². The second kappa shape index (κ2) is 7.95. The van der Waals surface area contributed by atoms with E-state index in [0.717, 1.165) is 5.56 Å². The zero-order valence-electron chi connectivity index (χ0n) is 11.9. The minimum atomic E-state index is -0.465. The zero-order valence-corrected chi connectivity index (χ0v) is 12.7. The summed E-state index contributed by atoms with van der Waals surface area (Å²) in [6.07, 6.45) is 1.50. The molecule has 2 aromatic rings. The van der Waals surface area contributed by atoms with Crippen LogP contribution in [0.5, 0.6) is 0 Å². The number of hydrazone groups is 1. The summed E-state index contributed by atoms with van der Waals surface area (Å²) in [5.41, 5.74) is 4.23. The largest absolute Gasteiger partial charge is 0.357 e. The van der Waals surface area contributed by atoms with Crippen molar-refractivity contribution in [3.8, 4) is 0 Å². The van der Waals surface area contributed by atoms with Crippen LogP contribution in [0.2, 0.25) is 0 Å². The van der Waals surface area contributed by atoms with Crippen molar-refractivity contribution in [3.63, 3.8) is 0 Å². The minimum absolute atomic E-state index is 0.0200. The number of hydrogen-bond donors (Lipinski definition) is 2. The second-order valence-corrected chi connectivity index (χ2v) is 4.94. The Hall–Kier alpha value is -2.87. The first-order valence-corrected chi connectivity index (χ1v) is 7.01. The van der Waals surface area contributed by atoms with Gasteiger partial charge in [0.25, 0.3) is 5.69 Å². The summed E-state index contributed by atoms with van der Waals surface area (Å²) in [5, 5.41) is 17.7. The van der Waals surface area contributed by atoms with Crippen molar-refractivity contribution >= 4 is 29.2 Å². The van der Waals surface area contributed by atoms with Crippen molar-refractivity contribution in [1.82, 2.24) is 10.7 Å². The Bertz CT molecular complexity index is 717. The van der Waals surface area contributed by atoms with E-state index >= 15 is 0 Å². The van der Waals surface area contributed by atoms with Crippen LogP contribution in [-0.2, 0) is 6.54 Å². The van der Waals surface area contributed by atoms with Crippen LogP contribution in [0.4, 0.5) is 10.1 Å². The number of hydrogen-bond acceptors (Lipinski definition) is 4. The van der Waals surface area contributed by atoms with Gasteiger partial charge in [0.05, 0.1) is 11.1 Å². The molecule has 6 nitrogen and oxygen atoms in total. The molecule has 2 rings (SSSR count). The van der Waals surface area contributed by atoms with Crippen molar-refractivity contribution < 1.29 is 9.31 Å². The van der Waals surface area contributed by atoms with Crippen LogP contribution in [0.3, 0.4) is 0 Å². The molecule has 0 heterocycles. The summed E-state index contributed by atoms with van der Waals surface area (Å²) >= 11 is 5.05. The molecule has 118 valence electrons. The van der Waals surface area contributed by atoms with Gasteiger partial charge in [-0.2, -0.15) is 5.10 Å². The molecule has 2 aromatic carbocycles. The number of nitrogens with one attached hydrogen (secondary N) is 2. The predicted octanol–water partition coefficient (Wildman–Crippen LogP) is 2.73. The van der Waals surface area contributed by atoms with Gasteiger partial charge in [-0.1, -0.05) is 12.1 Å². The molecule has 0 unspecified atom stereocenters. The standard InChI is InChI=1S/C15H13FN4O2S/c16-13-5-1-11(2-6-13)9-17-15(23)19-18-10-12-3-7-14(8-4-12)20(21)22/h1-8,10H,9H2,(H2,17,19,23)/b18-10-. The molecule has 0 fully saturated rings. The Morgan fingerprint density at radius 2 is 1.87 bits per heavy atom. The van der Waals surface area contributed by atoms with E-state index in [1.165, 1.54) is 30.5 Å². The lowest BCUT2D eigenvalue weighted by Gasteiger charge is -2.06. The molecule has 0 bridgehead atoms. The molecule has 0 atom stereocenters. The average Bonchev–Trinajstić information content (AvgIpc) is 2.55. The van der Waals surface area contributed by atoms with Crippen LogP contribution in [0.1, 0.15) is 11.1 Å². The first kappa shape index (κ1) is 16.5. The molecular formula is C15H13FN4O2S. The fourth-order valence-corrected chi connectivity index (χ4v) is 1.80.